The molecule has 0 saturated carbocycles. The molecule has 0 aromatic heterocycles. The molecule has 0 heterocycles. The van der Waals surface area contributed by atoms with Crippen molar-refractivity contribution in [1.82, 2.24) is 0 Å². The Balaban J connectivity index is 1.87. The van der Waals surface area contributed by atoms with Crippen LogP contribution < -0.4 is 0 Å². The Hall–Kier alpha value is -2.35. The van der Waals surface area contributed by atoms with E-state index in [-0.39, 0.29) is 5.97 Å². The zero-order valence-electron chi connectivity index (χ0n) is 10.9. The largest absolute Gasteiger partial charge is 0.458 e. The van der Waals surface area contributed by atoms with Crippen molar-refractivity contribution in [2.75, 3.05) is 0 Å². The number of aryl methyl sites for hydroxylation is 1. The Morgan fingerprint density at radius 2 is 1.89 bits per heavy atom. The summed E-state index contributed by atoms with van der Waals surface area (Å²) in [6.45, 7) is 2.32. The molecule has 96 valence electrons. The summed E-state index contributed by atoms with van der Waals surface area (Å²) in [6, 6.07) is 17.6. The Morgan fingerprint density at radius 3 is 2.63 bits per heavy atom. The summed E-state index contributed by atoms with van der Waals surface area (Å²) >= 11 is 0. The van der Waals surface area contributed by atoms with Crippen molar-refractivity contribution < 1.29 is 9.53 Å². The third-order valence-electron chi connectivity index (χ3n) is 2.68. The molecule has 0 N–H and O–H groups in total. The van der Waals surface area contributed by atoms with Crippen molar-refractivity contribution >= 4 is 12.0 Å². The van der Waals surface area contributed by atoms with Gasteiger partial charge in [-0.1, -0.05) is 60.2 Å². The van der Waals surface area contributed by atoms with Gasteiger partial charge in [0, 0.05) is 6.08 Å². The lowest BCUT2D eigenvalue weighted by atomic mass is 10.1. The molecule has 2 rings (SSSR count). The van der Waals surface area contributed by atoms with Crippen LogP contribution in [0.25, 0.3) is 6.08 Å². The summed E-state index contributed by atoms with van der Waals surface area (Å²) in [4.78, 5) is 11.6. The van der Waals surface area contributed by atoms with Crippen LogP contribution in [0.4, 0.5) is 0 Å². The van der Waals surface area contributed by atoms with Crippen LogP contribution in [0.1, 0.15) is 16.7 Å². The molecule has 2 nitrogen and oxygen atoms in total. The maximum Gasteiger partial charge on any atom is 0.331 e. The lowest BCUT2D eigenvalue weighted by Gasteiger charge is -2.03. The first-order valence-electron chi connectivity index (χ1n) is 6.19. The van der Waals surface area contributed by atoms with Crippen LogP contribution in [0.15, 0.2) is 60.7 Å². The number of carbonyl (C=O) groups excluding carboxylic acids is 1. The summed E-state index contributed by atoms with van der Waals surface area (Å²) in [5.41, 5.74) is 3.14. The van der Waals surface area contributed by atoms with Crippen molar-refractivity contribution in [2.24, 2.45) is 0 Å². The van der Waals surface area contributed by atoms with Crippen LogP contribution in [0.5, 0.6) is 0 Å². The van der Waals surface area contributed by atoms with E-state index in [1.54, 1.807) is 6.08 Å². The summed E-state index contributed by atoms with van der Waals surface area (Å²) in [5.74, 6) is -0.328. The van der Waals surface area contributed by atoms with Gasteiger partial charge in [-0.3, -0.25) is 0 Å². The van der Waals surface area contributed by atoms with Crippen LogP contribution in [-0.2, 0) is 16.1 Å². The maximum absolute atomic E-state index is 11.6. The minimum atomic E-state index is -0.328. The molecule has 0 amide bonds. The number of rotatable bonds is 4. The zero-order chi connectivity index (χ0) is 13.5. The van der Waals surface area contributed by atoms with Gasteiger partial charge in [0.2, 0.25) is 0 Å². The average Bonchev–Trinajstić information content (AvgIpc) is 2.44. The molecule has 0 bridgehead atoms. The lowest BCUT2D eigenvalue weighted by molar-refractivity contribution is -0.138. The predicted octanol–water partition coefficient (Wildman–Crippen LogP) is 3.75. The lowest BCUT2D eigenvalue weighted by Crippen LogP contribution is -2.00. The van der Waals surface area contributed by atoms with E-state index in [1.165, 1.54) is 6.08 Å². The van der Waals surface area contributed by atoms with Crippen LogP contribution in [-0.4, -0.2) is 5.97 Å². The number of hydrogen-bond acceptors (Lipinski definition) is 2. The fourth-order valence-corrected chi connectivity index (χ4v) is 1.73. The summed E-state index contributed by atoms with van der Waals surface area (Å²) in [7, 11) is 0. The molecule has 0 aliphatic rings. The van der Waals surface area contributed by atoms with E-state index in [4.69, 9.17) is 4.74 Å². The first kappa shape index (κ1) is 13.1. The number of hydrogen-bond donors (Lipinski definition) is 0. The second kappa shape index (κ2) is 6.55. The molecular formula is C17H16O2. The molecule has 2 aromatic carbocycles. The number of ether oxygens (including phenoxy) is 1. The second-order valence-electron chi connectivity index (χ2n) is 4.34. The Labute approximate surface area is 113 Å². The van der Waals surface area contributed by atoms with Gasteiger partial charge in [0.25, 0.3) is 0 Å². The number of carbonyl (C=O) groups is 1. The summed E-state index contributed by atoms with van der Waals surface area (Å²) < 4.78 is 5.18. The van der Waals surface area contributed by atoms with Gasteiger partial charge in [0.15, 0.2) is 0 Å². The monoisotopic (exact) mass is 252 g/mol. The van der Waals surface area contributed by atoms with Gasteiger partial charge in [-0.15, -0.1) is 0 Å². The molecule has 0 radical (unpaired) electrons. The molecule has 0 saturated heterocycles. The van der Waals surface area contributed by atoms with Gasteiger partial charge < -0.3 is 4.74 Å². The Kier molecular flexibility index (Phi) is 4.51. The molecule has 0 aliphatic carbocycles. The van der Waals surface area contributed by atoms with E-state index in [2.05, 4.69) is 0 Å². The molecule has 0 fully saturated rings. The molecule has 2 heteroatoms. The van der Waals surface area contributed by atoms with Gasteiger partial charge in [0.05, 0.1) is 0 Å². The van der Waals surface area contributed by atoms with Crippen LogP contribution >= 0.6 is 0 Å². The van der Waals surface area contributed by atoms with E-state index in [0.717, 1.165) is 16.7 Å². The van der Waals surface area contributed by atoms with Gasteiger partial charge in [-0.05, 0) is 24.1 Å². The van der Waals surface area contributed by atoms with Gasteiger partial charge in [0.1, 0.15) is 6.61 Å². The normalized spacial score (nSPS) is 10.6. The number of benzene rings is 2. The first-order valence-corrected chi connectivity index (χ1v) is 6.19. The zero-order valence-corrected chi connectivity index (χ0v) is 10.9. The molecule has 0 atom stereocenters. The fourth-order valence-electron chi connectivity index (χ4n) is 1.73. The molecule has 2 aromatic rings. The standard InChI is InChI=1S/C17H16O2/c1-14-6-5-9-16(12-14)13-19-17(18)11-10-15-7-3-2-4-8-15/h2-12H,13H2,1H3/b11-10+. The highest BCUT2D eigenvalue weighted by molar-refractivity contribution is 5.87. The summed E-state index contributed by atoms with van der Waals surface area (Å²) in [6.07, 6.45) is 3.20. The Bertz CT molecular complexity index is 571. The SMILES string of the molecule is Cc1cccc(COC(=O)/C=C/c2ccccc2)c1. The van der Waals surface area contributed by atoms with Gasteiger partial charge in [-0.2, -0.15) is 0 Å². The van der Waals surface area contributed by atoms with Crippen LogP contribution in [0.2, 0.25) is 0 Å². The smallest absolute Gasteiger partial charge is 0.331 e. The van der Waals surface area contributed by atoms with E-state index in [0.29, 0.717) is 6.61 Å². The topological polar surface area (TPSA) is 26.3 Å². The van der Waals surface area contributed by atoms with Crippen LogP contribution in [0.3, 0.4) is 0 Å². The van der Waals surface area contributed by atoms with Crippen molar-refractivity contribution in [3.63, 3.8) is 0 Å². The molecular weight excluding hydrogens is 236 g/mol. The van der Waals surface area contributed by atoms with E-state index in [1.807, 2.05) is 61.5 Å². The fraction of sp³-hybridized carbons (Fsp3) is 0.118. The minimum Gasteiger partial charge on any atom is -0.458 e. The first-order chi connectivity index (χ1) is 9.24. The van der Waals surface area contributed by atoms with Crippen molar-refractivity contribution in [3.05, 3.63) is 77.4 Å². The quantitative estimate of drug-likeness (QED) is 0.612. The van der Waals surface area contributed by atoms with Gasteiger partial charge >= 0.3 is 5.97 Å². The number of esters is 1. The van der Waals surface area contributed by atoms with Crippen LogP contribution in [0, 0.1) is 6.92 Å². The van der Waals surface area contributed by atoms with E-state index < -0.39 is 0 Å². The van der Waals surface area contributed by atoms with E-state index in [9.17, 15) is 4.79 Å². The Morgan fingerprint density at radius 1 is 1.11 bits per heavy atom. The minimum absolute atomic E-state index is 0.305. The second-order valence-corrected chi connectivity index (χ2v) is 4.34. The van der Waals surface area contributed by atoms with Crippen molar-refractivity contribution in [3.8, 4) is 0 Å². The highest BCUT2D eigenvalue weighted by Crippen LogP contribution is 2.06. The molecule has 19 heavy (non-hydrogen) atoms. The van der Waals surface area contributed by atoms with E-state index >= 15 is 0 Å². The van der Waals surface area contributed by atoms with Gasteiger partial charge in [-0.25, -0.2) is 4.79 Å². The van der Waals surface area contributed by atoms with Crippen molar-refractivity contribution in [1.29, 1.82) is 0 Å². The van der Waals surface area contributed by atoms with Crippen molar-refractivity contribution in [2.45, 2.75) is 13.5 Å². The molecule has 0 aliphatic heterocycles. The highest BCUT2D eigenvalue weighted by Gasteiger charge is 1.99. The predicted molar refractivity (Wildman–Crippen MR) is 76.5 cm³/mol. The molecule has 0 unspecified atom stereocenters. The third-order valence-corrected chi connectivity index (χ3v) is 2.68. The summed E-state index contributed by atoms with van der Waals surface area (Å²) in [5, 5.41) is 0. The average molecular weight is 252 g/mol. The molecule has 0 spiro atoms. The maximum atomic E-state index is 11.6. The highest BCUT2D eigenvalue weighted by atomic mass is 16.5. The third kappa shape index (κ3) is 4.43.